The van der Waals surface area contributed by atoms with Crippen LogP contribution in [-0.2, 0) is 0 Å². The minimum absolute atomic E-state index is 0.678. The molecule has 4 rings (SSSR count). The normalized spacial score (nSPS) is 11.5. The van der Waals surface area contributed by atoms with E-state index in [0.717, 1.165) is 68.8 Å². The second kappa shape index (κ2) is 19.5. The van der Waals surface area contributed by atoms with Gasteiger partial charge in [0.2, 0.25) is 0 Å². The fourth-order valence-electron chi connectivity index (χ4n) is 6.28. The van der Waals surface area contributed by atoms with Crippen molar-refractivity contribution in [1.82, 2.24) is 0 Å². The number of hydrogen-bond donors (Lipinski definition) is 0. The van der Waals surface area contributed by atoms with E-state index in [-0.39, 0.29) is 0 Å². The van der Waals surface area contributed by atoms with Gasteiger partial charge in [0, 0.05) is 0 Å². The third-order valence-corrected chi connectivity index (χ3v) is 9.53. The van der Waals surface area contributed by atoms with Crippen molar-refractivity contribution in [2.45, 2.75) is 51.4 Å². The van der Waals surface area contributed by atoms with Gasteiger partial charge in [-0.05, 0) is 122 Å². The third-order valence-electron chi connectivity index (χ3n) is 9.53. The van der Waals surface area contributed by atoms with Crippen molar-refractivity contribution in [3.63, 3.8) is 0 Å². The molecule has 0 fully saturated rings. The monoisotopic (exact) mass is 672 g/mol. The predicted octanol–water partition coefficient (Wildman–Crippen LogP) is 9.50. The van der Waals surface area contributed by atoms with Crippen LogP contribution in [0.5, 0.6) is 11.5 Å². The Labute approximate surface area is 301 Å². The Morgan fingerprint density at radius 2 is 0.680 bits per heavy atom. The maximum absolute atomic E-state index is 9.00. The quantitative estimate of drug-likeness (QED) is 0.0653. The molecule has 0 unspecified atom stereocenters. The molecular weight excluding hydrogens is 617 g/mol. The lowest BCUT2D eigenvalue weighted by Gasteiger charge is -2.31. The lowest BCUT2D eigenvalue weighted by atomic mass is 10.0. The van der Waals surface area contributed by atoms with Crippen LogP contribution >= 0.6 is 0 Å². The minimum Gasteiger partial charge on any atom is -0.494 e. The molecule has 0 heterocycles. The summed E-state index contributed by atoms with van der Waals surface area (Å²) in [6, 6.07) is 36.1. The highest BCUT2D eigenvalue weighted by atomic mass is 16.5. The number of quaternary nitrogens is 2. The van der Waals surface area contributed by atoms with Crippen LogP contribution < -0.4 is 9.47 Å². The molecule has 0 N–H and O–H groups in total. The summed E-state index contributed by atoms with van der Waals surface area (Å²) in [4.78, 5) is 0. The van der Waals surface area contributed by atoms with E-state index in [9.17, 15) is 0 Å². The number of hydrogen-bond acceptors (Lipinski definition) is 4. The largest absolute Gasteiger partial charge is 0.494 e. The molecule has 0 bridgehead atoms. The molecule has 6 nitrogen and oxygen atoms in total. The summed E-state index contributed by atoms with van der Waals surface area (Å²) in [5.74, 6) is 1.82. The van der Waals surface area contributed by atoms with Crippen LogP contribution in [-0.4, -0.2) is 76.5 Å². The van der Waals surface area contributed by atoms with Gasteiger partial charge in [0.05, 0.1) is 90.8 Å². The van der Waals surface area contributed by atoms with Crippen molar-refractivity contribution in [2.75, 3.05) is 67.6 Å². The molecule has 262 valence electrons. The maximum Gasteiger partial charge on any atom is 0.119 e. The summed E-state index contributed by atoms with van der Waals surface area (Å²) in [6.07, 6.45) is 9.64. The van der Waals surface area contributed by atoms with E-state index in [1.807, 2.05) is 72.8 Å². The molecule has 0 aliphatic heterocycles. The van der Waals surface area contributed by atoms with Gasteiger partial charge in [-0.25, -0.2) is 0 Å². The number of rotatable bonds is 21. The van der Waals surface area contributed by atoms with Gasteiger partial charge in [0.1, 0.15) is 11.5 Å². The van der Waals surface area contributed by atoms with E-state index in [0.29, 0.717) is 11.1 Å². The van der Waals surface area contributed by atoms with Crippen molar-refractivity contribution < 1.29 is 18.4 Å². The molecule has 4 aromatic rings. The molecule has 0 radical (unpaired) electrons. The van der Waals surface area contributed by atoms with E-state index in [1.54, 1.807) is 0 Å². The van der Waals surface area contributed by atoms with Crippen molar-refractivity contribution in [3.05, 3.63) is 108 Å². The third kappa shape index (κ3) is 13.4. The van der Waals surface area contributed by atoms with Crippen LogP contribution in [0.4, 0.5) is 0 Å². The second-order valence-corrected chi connectivity index (χ2v) is 14.7. The second-order valence-electron chi connectivity index (χ2n) is 14.7. The SMILES string of the molecule is C[N+](C)(CCCCCC[N+](C)(C)CCCCOc1ccc(-c2ccc(C#N)cc2)cc1)CCCCOc1ccc(-c2ccc(C#N)cc2)cc1. The smallest absolute Gasteiger partial charge is 0.119 e. The average molecular weight is 673 g/mol. The fraction of sp³-hybridized carbons (Fsp3) is 0.409. The van der Waals surface area contributed by atoms with Crippen LogP contribution in [0.1, 0.15) is 62.5 Å². The summed E-state index contributed by atoms with van der Waals surface area (Å²) in [5, 5.41) is 18.0. The first-order valence-corrected chi connectivity index (χ1v) is 18.3. The molecule has 50 heavy (non-hydrogen) atoms. The molecule has 0 spiro atoms. The van der Waals surface area contributed by atoms with E-state index < -0.39 is 0 Å². The van der Waals surface area contributed by atoms with Crippen molar-refractivity contribution in [2.24, 2.45) is 0 Å². The van der Waals surface area contributed by atoms with Crippen LogP contribution in [0.15, 0.2) is 97.1 Å². The average Bonchev–Trinajstić information content (AvgIpc) is 3.13. The summed E-state index contributed by atoms with van der Waals surface area (Å²) in [5.41, 5.74) is 5.82. The maximum atomic E-state index is 9.00. The zero-order valence-electron chi connectivity index (χ0n) is 30.7. The molecule has 0 aliphatic carbocycles. The van der Waals surface area contributed by atoms with E-state index in [2.05, 4.69) is 64.6 Å². The molecule has 0 aliphatic rings. The summed E-state index contributed by atoms with van der Waals surface area (Å²) >= 11 is 0. The molecule has 6 heteroatoms. The van der Waals surface area contributed by atoms with Gasteiger partial charge in [-0.3, -0.25) is 0 Å². The number of nitrogens with zero attached hydrogens (tertiary/aromatic N) is 4. The Morgan fingerprint density at radius 3 is 0.980 bits per heavy atom. The Balaban J connectivity index is 0.990. The topological polar surface area (TPSA) is 66.0 Å². The van der Waals surface area contributed by atoms with Crippen molar-refractivity contribution in [1.29, 1.82) is 10.5 Å². The predicted molar refractivity (Wildman–Crippen MR) is 205 cm³/mol. The van der Waals surface area contributed by atoms with Gasteiger partial charge >= 0.3 is 0 Å². The highest BCUT2D eigenvalue weighted by Gasteiger charge is 2.16. The van der Waals surface area contributed by atoms with Gasteiger partial charge < -0.3 is 18.4 Å². The highest BCUT2D eigenvalue weighted by molar-refractivity contribution is 5.65. The highest BCUT2D eigenvalue weighted by Crippen LogP contribution is 2.24. The molecule has 0 aromatic heterocycles. The molecule has 0 amide bonds. The van der Waals surface area contributed by atoms with Crippen LogP contribution in [0, 0.1) is 22.7 Å². The first-order valence-electron chi connectivity index (χ1n) is 18.3. The summed E-state index contributed by atoms with van der Waals surface area (Å²) in [6.45, 7) is 6.30. The lowest BCUT2D eigenvalue weighted by molar-refractivity contribution is -0.891. The molecule has 4 aromatic carbocycles. The first-order chi connectivity index (χ1) is 24.2. The number of ether oxygens (including phenoxy) is 2. The molecule has 0 saturated carbocycles. The van der Waals surface area contributed by atoms with Crippen molar-refractivity contribution in [3.8, 4) is 45.9 Å². The molecule has 0 atom stereocenters. The summed E-state index contributed by atoms with van der Waals surface area (Å²) < 4.78 is 14.2. The zero-order valence-corrected chi connectivity index (χ0v) is 30.7. The van der Waals surface area contributed by atoms with Crippen LogP contribution in [0.25, 0.3) is 22.3 Å². The Kier molecular flexibility index (Phi) is 14.9. The van der Waals surface area contributed by atoms with E-state index in [4.69, 9.17) is 20.0 Å². The number of benzene rings is 4. The van der Waals surface area contributed by atoms with E-state index >= 15 is 0 Å². The number of nitriles is 2. The van der Waals surface area contributed by atoms with Crippen LogP contribution in [0.3, 0.4) is 0 Å². The van der Waals surface area contributed by atoms with Gasteiger partial charge in [-0.2, -0.15) is 10.5 Å². The summed E-state index contributed by atoms with van der Waals surface area (Å²) in [7, 11) is 9.44. The number of unbranched alkanes of at least 4 members (excludes halogenated alkanes) is 5. The van der Waals surface area contributed by atoms with Crippen LogP contribution in [0.2, 0.25) is 0 Å². The van der Waals surface area contributed by atoms with E-state index in [1.165, 1.54) is 64.7 Å². The Bertz CT molecular complexity index is 1520. The Hall–Kier alpha value is -4.62. The van der Waals surface area contributed by atoms with Crippen molar-refractivity contribution >= 4 is 0 Å². The first kappa shape index (κ1) is 38.2. The zero-order chi connectivity index (χ0) is 35.7. The van der Waals surface area contributed by atoms with Gasteiger partial charge in [-0.1, -0.05) is 48.5 Å². The fourth-order valence-corrected chi connectivity index (χ4v) is 6.28. The molecule has 0 saturated heterocycles. The lowest BCUT2D eigenvalue weighted by Crippen LogP contribution is -2.41. The Morgan fingerprint density at radius 1 is 0.400 bits per heavy atom. The van der Waals surface area contributed by atoms with Gasteiger partial charge in [-0.15, -0.1) is 0 Å². The minimum atomic E-state index is 0.678. The van der Waals surface area contributed by atoms with Gasteiger partial charge in [0.15, 0.2) is 0 Å². The standard InChI is InChI=1S/C44H56N4O2/c1-47(2,31-9-11-33-49-43-25-21-41(22-26-43)39-17-13-37(35-45)14-18-39)29-7-5-6-8-30-48(3,4)32-10-12-34-50-44-27-23-42(24-28-44)40-19-15-38(36-46)16-20-40/h13-28H,5-12,29-34H2,1-4H3/q+2. The molecular formula is C44H56N4O2+2. The van der Waals surface area contributed by atoms with Gasteiger partial charge in [0.25, 0.3) is 0 Å².